The summed E-state index contributed by atoms with van der Waals surface area (Å²) in [4.78, 5) is 13.3. The predicted octanol–water partition coefficient (Wildman–Crippen LogP) is -0.406. The molecule has 5 heteroatoms. The van der Waals surface area contributed by atoms with Crippen LogP contribution >= 0.6 is 0 Å². The van der Waals surface area contributed by atoms with E-state index in [9.17, 15) is 9.50 Å². The van der Waals surface area contributed by atoms with E-state index in [0.717, 1.165) is 33.0 Å². The van der Waals surface area contributed by atoms with Gasteiger partial charge in [0.1, 0.15) is 0 Å². The van der Waals surface area contributed by atoms with E-state index >= 15 is 0 Å². The number of hydrogen-bond acceptors (Lipinski definition) is 3. The summed E-state index contributed by atoms with van der Waals surface area (Å²) < 4.78 is 10.4. The second-order valence-corrected chi connectivity index (χ2v) is 3.29. The number of hydrogen-bond donors (Lipinski definition) is 1. The summed E-state index contributed by atoms with van der Waals surface area (Å²) in [5.74, 6) is 0.0292. The molecule has 72 valence electrons. The van der Waals surface area contributed by atoms with Gasteiger partial charge in [0.25, 0.3) is 0 Å². The summed E-state index contributed by atoms with van der Waals surface area (Å²) in [5, 5.41) is 2.63. The summed E-state index contributed by atoms with van der Waals surface area (Å²) in [6, 6.07) is -0.0936. The topological polar surface area (TPSA) is 49.4 Å². The molecule has 1 atom stereocenters. The van der Waals surface area contributed by atoms with E-state index in [1.54, 1.807) is 7.05 Å². The molecule has 13 heavy (non-hydrogen) atoms. The number of amides is 1. The van der Waals surface area contributed by atoms with Gasteiger partial charge in [-0.15, -0.1) is 0 Å². The molecule has 0 radical (unpaired) electrons. The Hall–Kier alpha value is -0.705. The van der Waals surface area contributed by atoms with Gasteiger partial charge in [0.05, 0.1) is 0 Å². The maximum absolute atomic E-state index is 11.4. The molecule has 1 aliphatic rings. The Morgan fingerprint density at radius 1 is 1.62 bits per heavy atom. The SMILES string of the molecule is CNC(=O)C1CCCCN1CB=O. The first-order valence-electron chi connectivity index (χ1n) is 4.69. The van der Waals surface area contributed by atoms with E-state index in [-0.39, 0.29) is 11.9 Å². The molecule has 0 aromatic heterocycles. The zero-order chi connectivity index (χ0) is 9.68. The van der Waals surface area contributed by atoms with Crippen molar-refractivity contribution in [2.45, 2.75) is 25.3 Å². The second-order valence-electron chi connectivity index (χ2n) is 3.29. The quantitative estimate of drug-likeness (QED) is 0.604. The molecule has 1 saturated heterocycles. The summed E-state index contributed by atoms with van der Waals surface area (Å²) >= 11 is 0. The van der Waals surface area contributed by atoms with Crippen LogP contribution in [0.4, 0.5) is 0 Å². The average Bonchev–Trinajstić information content (AvgIpc) is 2.18. The maximum atomic E-state index is 11.4. The van der Waals surface area contributed by atoms with Crippen LogP contribution in [0.2, 0.25) is 0 Å². The van der Waals surface area contributed by atoms with Crippen molar-refractivity contribution in [3.05, 3.63) is 0 Å². The molecule has 1 unspecified atom stereocenters. The molecular weight excluding hydrogens is 167 g/mol. The first-order valence-corrected chi connectivity index (χ1v) is 4.69. The van der Waals surface area contributed by atoms with Gasteiger partial charge in [-0.05, 0) is 0 Å². The van der Waals surface area contributed by atoms with Gasteiger partial charge in [0, 0.05) is 0 Å². The van der Waals surface area contributed by atoms with Crippen molar-refractivity contribution in [1.29, 1.82) is 0 Å². The number of likely N-dealkylation sites (tertiary alicyclic amines) is 1. The van der Waals surface area contributed by atoms with Crippen molar-refractivity contribution < 1.29 is 9.50 Å². The minimum absolute atomic E-state index is 0.0292. The van der Waals surface area contributed by atoms with E-state index in [1.165, 1.54) is 0 Å². The fraction of sp³-hybridized carbons (Fsp3) is 0.875. The molecule has 1 fully saturated rings. The third-order valence-corrected chi connectivity index (χ3v) is 2.47. The minimum atomic E-state index is -0.0936. The van der Waals surface area contributed by atoms with Crippen LogP contribution in [0.3, 0.4) is 0 Å². The van der Waals surface area contributed by atoms with Gasteiger partial charge in [-0.25, -0.2) is 0 Å². The Morgan fingerprint density at radius 3 is 3.00 bits per heavy atom. The Morgan fingerprint density at radius 2 is 2.38 bits per heavy atom. The number of piperidine rings is 1. The van der Waals surface area contributed by atoms with Gasteiger partial charge >= 0.3 is 78.1 Å². The van der Waals surface area contributed by atoms with E-state index in [2.05, 4.69) is 5.32 Å². The molecule has 0 aliphatic carbocycles. The van der Waals surface area contributed by atoms with E-state index in [0.29, 0.717) is 6.44 Å². The normalized spacial score (nSPS) is 23.6. The molecule has 1 aliphatic heterocycles. The van der Waals surface area contributed by atoms with Crippen LogP contribution in [0.15, 0.2) is 0 Å². The average molecular weight is 182 g/mol. The number of rotatable bonds is 3. The van der Waals surface area contributed by atoms with Gasteiger partial charge in [-0.2, -0.15) is 0 Å². The van der Waals surface area contributed by atoms with Gasteiger partial charge < -0.3 is 0 Å². The van der Waals surface area contributed by atoms with Crippen molar-refractivity contribution in [1.82, 2.24) is 10.2 Å². The predicted molar refractivity (Wildman–Crippen MR) is 49.7 cm³/mol. The van der Waals surface area contributed by atoms with E-state index in [4.69, 9.17) is 0 Å². The van der Waals surface area contributed by atoms with E-state index in [1.807, 2.05) is 4.90 Å². The molecule has 4 nitrogen and oxygen atoms in total. The van der Waals surface area contributed by atoms with Crippen LogP contribution in [0.1, 0.15) is 19.3 Å². The van der Waals surface area contributed by atoms with Crippen molar-refractivity contribution in [2.75, 3.05) is 20.0 Å². The molecule has 1 rings (SSSR count). The zero-order valence-corrected chi connectivity index (χ0v) is 7.95. The Kier molecular flexibility index (Phi) is 4.08. The summed E-state index contributed by atoms with van der Waals surface area (Å²) in [6.45, 7) is 0.858. The summed E-state index contributed by atoms with van der Waals surface area (Å²) in [5.41, 5.74) is 0. The standard InChI is InChI=1S/C8H15BN2O2/c1-10-8(12)7-4-2-3-5-11(7)6-9-13/h7H,2-6H2,1H3,(H,10,12). The van der Waals surface area contributed by atoms with Crippen LogP contribution in [0.5, 0.6) is 0 Å². The van der Waals surface area contributed by atoms with Crippen molar-refractivity contribution >= 4 is 13.1 Å². The van der Waals surface area contributed by atoms with Gasteiger partial charge in [-0.1, -0.05) is 0 Å². The molecule has 1 amide bonds. The molecule has 0 saturated carbocycles. The second kappa shape index (κ2) is 5.12. The number of nitrogens with one attached hydrogen (secondary N) is 1. The van der Waals surface area contributed by atoms with Crippen molar-refractivity contribution in [3.8, 4) is 0 Å². The Bertz CT molecular complexity index is 199. The van der Waals surface area contributed by atoms with Crippen LogP contribution < -0.4 is 5.32 Å². The van der Waals surface area contributed by atoms with Crippen molar-refractivity contribution in [3.63, 3.8) is 0 Å². The van der Waals surface area contributed by atoms with Crippen LogP contribution in [-0.4, -0.2) is 44.0 Å². The fourth-order valence-corrected chi connectivity index (χ4v) is 1.77. The third-order valence-electron chi connectivity index (χ3n) is 2.47. The molecule has 0 bridgehead atoms. The molecular formula is C8H15BN2O2. The summed E-state index contributed by atoms with van der Waals surface area (Å²) in [7, 11) is 2.50. The van der Waals surface area contributed by atoms with Crippen LogP contribution in [0.25, 0.3) is 0 Å². The number of nitrogens with zero attached hydrogens (tertiary/aromatic N) is 1. The third kappa shape index (κ3) is 2.62. The molecule has 0 spiro atoms. The molecule has 0 aromatic carbocycles. The number of carbonyl (C=O) groups is 1. The Balaban J connectivity index is 2.55. The van der Waals surface area contributed by atoms with Gasteiger partial charge in [-0.3, -0.25) is 0 Å². The van der Waals surface area contributed by atoms with E-state index < -0.39 is 0 Å². The molecule has 0 aromatic rings. The van der Waals surface area contributed by atoms with Crippen LogP contribution in [-0.2, 0) is 9.50 Å². The number of carbonyl (C=O) groups excluding carboxylic acids is 1. The zero-order valence-electron chi connectivity index (χ0n) is 7.95. The van der Waals surface area contributed by atoms with Crippen molar-refractivity contribution in [2.24, 2.45) is 0 Å². The molecule has 1 heterocycles. The van der Waals surface area contributed by atoms with Crippen LogP contribution in [0, 0.1) is 0 Å². The fourth-order valence-electron chi connectivity index (χ4n) is 1.77. The monoisotopic (exact) mass is 182 g/mol. The first kappa shape index (κ1) is 10.4. The Labute approximate surface area is 78.9 Å². The van der Waals surface area contributed by atoms with Gasteiger partial charge in [0.2, 0.25) is 0 Å². The first-order chi connectivity index (χ1) is 6.29. The summed E-state index contributed by atoms with van der Waals surface area (Å²) in [6.07, 6.45) is 3.40. The number of likely N-dealkylation sites (N-methyl/N-ethyl adjacent to an activating group) is 1. The van der Waals surface area contributed by atoms with Gasteiger partial charge in [0.15, 0.2) is 0 Å². The molecule has 1 N–H and O–H groups in total.